The molecule has 0 aliphatic rings. The standard InChI is InChI=1S/C13H14N4S/c1-8-3-4-12(18-8)9(2)17-13-10(6-14)5-11(15)7-16-13/h3-5,7,9H,15H2,1-2H3,(H,16,17). The van der Waals surface area contributed by atoms with Crippen molar-refractivity contribution in [1.29, 1.82) is 5.26 Å². The molecule has 0 aliphatic heterocycles. The lowest BCUT2D eigenvalue weighted by atomic mass is 10.2. The van der Waals surface area contributed by atoms with E-state index in [0.29, 0.717) is 17.1 Å². The molecule has 4 nitrogen and oxygen atoms in total. The van der Waals surface area contributed by atoms with E-state index in [-0.39, 0.29) is 6.04 Å². The predicted molar refractivity (Wildman–Crippen MR) is 74.5 cm³/mol. The van der Waals surface area contributed by atoms with Crippen molar-refractivity contribution < 1.29 is 0 Å². The van der Waals surface area contributed by atoms with Gasteiger partial charge in [0.2, 0.25) is 0 Å². The third-order valence-corrected chi connectivity index (χ3v) is 3.75. The number of aryl methyl sites for hydroxylation is 1. The van der Waals surface area contributed by atoms with Crippen LogP contribution in [0.2, 0.25) is 0 Å². The van der Waals surface area contributed by atoms with Gasteiger partial charge in [0.1, 0.15) is 11.9 Å². The zero-order valence-corrected chi connectivity index (χ0v) is 11.1. The van der Waals surface area contributed by atoms with Gasteiger partial charge in [-0.25, -0.2) is 4.98 Å². The van der Waals surface area contributed by atoms with Crippen molar-refractivity contribution in [3.63, 3.8) is 0 Å². The Bertz CT molecular complexity index is 597. The quantitative estimate of drug-likeness (QED) is 0.887. The van der Waals surface area contributed by atoms with E-state index < -0.39 is 0 Å². The molecule has 2 heterocycles. The molecule has 0 radical (unpaired) electrons. The first-order valence-corrected chi connectivity index (χ1v) is 6.40. The summed E-state index contributed by atoms with van der Waals surface area (Å²) in [6.45, 7) is 4.12. The third-order valence-electron chi connectivity index (χ3n) is 2.57. The molecule has 0 bridgehead atoms. The molecule has 0 saturated heterocycles. The Hall–Kier alpha value is -2.06. The molecule has 0 saturated carbocycles. The van der Waals surface area contributed by atoms with Crippen molar-refractivity contribution in [3.05, 3.63) is 39.7 Å². The second-order valence-corrected chi connectivity index (χ2v) is 5.41. The van der Waals surface area contributed by atoms with Crippen LogP contribution >= 0.6 is 11.3 Å². The maximum atomic E-state index is 9.05. The van der Waals surface area contributed by atoms with E-state index in [2.05, 4.69) is 35.4 Å². The summed E-state index contributed by atoms with van der Waals surface area (Å²) in [6, 6.07) is 8.01. The van der Waals surface area contributed by atoms with E-state index in [1.54, 1.807) is 23.6 Å². The number of rotatable bonds is 3. The van der Waals surface area contributed by atoms with Crippen LogP contribution in [0.15, 0.2) is 24.4 Å². The molecule has 0 fully saturated rings. The summed E-state index contributed by atoms with van der Waals surface area (Å²) in [5.41, 5.74) is 6.57. The van der Waals surface area contributed by atoms with E-state index in [4.69, 9.17) is 11.0 Å². The first kappa shape index (κ1) is 12.4. The number of nitrogens with one attached hydrogen (secondary N) is 1. The van der Waals surface area contributed by atoms with Gasteiger partial charge in [0, 0.05) is 9.75 Å². The highest BCUT2D eigenvalue weighted by atomic mass is 32.1. The second-order valence-electron chi connectivity index (χ2n) is 4.09. The number of hydrogen-bond acceptors (Lipinski definition) is 5. The molecule has 0 aromatic carbocycles. The molecule has 5 heteroatoms. The van der Waals surface area contributed by atoms with E-state index in [1.165, 1.54) is 9.75 Å². The molecule has 1 unspecified atom stereocenters. The number of nitrogens with two attached hydrogens (primary N) is 1. The fraction of sp³-hybridized carbons (Fsp3) is 0.231. The van der Waals surface area contributed by atoms with Crippen molar-refractivity contribution >= 4 is 22.8 Å². The average Bonchev–Trinajstić information content (AvgIpc) is 2.78. The highest BCUT2D eigenvalue weighted by Gasteiger charge is 2.11. The van der Waals surface area contributed by atoms with Crippen LogP contribution in [0.5, 0.6) is 0 Å². The lowest BCUT2D eigenvalue weighted by Gasteiger charge is -2.14. The summed E-state index contributed by atoms with van der Waals surface area (Å²) in [4.78, 5) is 6.65. The lowest BCUT2D eigenvalue weighted by Crippen LogP contribution is -2.08. The van der Waals surface area contributed by atoms with Crippen LogP contribution in [0.25, 0.3) is 0 Å². The van der Waals surface area contributed by atoms with Gasteiger partial charge in [-0.1, -0.05) is 0 Å². The molecular weight excluding hydrogens is 244 g/mol. The molecule has 92 valence electrons. The van der Waals surface area contributed by atoms with Crippen molar-refractivity contribution in [2.24, 2.45) is 0 Å². The normalized spacial score (nSPS) is 11.8. The molecule has 2 rings (SSSR count). The van der Waals surface area contributed by atoms with E-state index in [1.807, 2.05) is 6.92 Å². The molecule has 2 aromatic rings. The van der Waals surface area contributed by atoms with Gasteiger partial charge in [0.15, 0.2) is 0 Å². The summed E-state index contributed by atoms with van der Waals surface area (Å²) in [5.74, 6) is 0.574. The van der Waals surface area contributed by atoms with Crippen LogP contribution in [-0.2, 0) is 0 Å². The minimum absolute atomic E-state index is 0.118. The zero-order chi connectivity index (χ0) is 13.1. The van der Waals surface area contributed by atoms with Crippen molar-refractivity contribution in [1.82, 2.24) is 4.98 Å². The number of hydrogen-bond donors (Lipinski definition) is 2. The number of anilines is 2. The third kappa shape index (κ3) is 2.60. The zero-order valence-electron chi connectivity index (χ0n) is 10.3. The van der Waals surface area contributed by atoms with Gasteiger partial charge in [-0.3, -0.25) is 0 Å². The monoisotopic (exact) mass is 258 g/mol. The SMILES string of the molecule is Cc1ccc(C(C)Nc2ncc(N)cc2C#N)s1. The van der Waals surface area contributed by atoms with Gasteiger partial charge in [0.25, 0.3) is 0 Å². The molecule has 2 aromatic heterocycles. The van der Waals surface area contributed by atoms with Crippen molar-refractivity contribution in [2.45, 2.75) is 19.9 Å². The summed E-state index contributed by atoms with van der Waals surface area (Å²) in [5, 5.41) is 12.3. The molecule has 18 heavy (non-hydrogen) atoms. The Morgan fingerprint density at radius 1 is 1.50 bits per heavy atom. The van der Waals surface area contributed by atoms with Crippen LogP contribution in [0.1, 0.15) is 28.3 Å². The fourth-order valence-corrected chi connectivity index (χ4v) is 2.52. The maximum Gasteiger partial charge on any atom is 0.144 e. The molecule has 1 atom stereocenters. The molecular formula is C13H14N4S. The highest BCUT2D eigenvalue weighted by Crippen LogP contribution is 2.26. The predicted octanol–water partition coefficient (Wildman–Crippen LogP) is 3.08. The van der Waals surface area contributed by atoms with Crippen LogP contribution in [0.4, 0.5) is 11.5 Å². The van der Waals surface area contributed by atoms with Gasteiger partial charge in [0.05, 0.1) is 23.5 Å². The Kier molecular flexibility index (Phi) is 3.49. The summed E-state index contributed by atoms with van der Waals surface area (Å²) in [7, 11) is 0. The lowest BCUT2D eigenvalue weighted by molar-refractivity contribution is 0.895. The minimum atomic E-state index is 0.118. The summed E-state index contributed by atoms with van der Waals surface area (Å²) < 4.78 is 0. The van der Waals surface area contributed by atoms with Gasteiger partial charge in [-0.05, 0) is 32.0 Å². The fourth-order valence-electron chi connectivity index (χ4n) is 1.64. The maximum absolute atomic E-state index is 9.05. The van der Waals surface area contributed by atoms with Gasteiger partial charge in [-0.15, -0.1) is 11.3 Å². The molecule has 0 aliphatic carbocycles. The van der Waals surface area contributed by atoms with Crippen LogP contribution in [-0.4, -0.2) is 4.98 Å². The number of nitrogens with zero attached hydrogens (tertiary/aromatic N) is 2. The van der Waals surface area contributed by atoms with Crippen LogP contribution in [0, 0.1) is 18.3 Å². The first-order chi connectivity index (χ1) is 8.60. The first-order valence-electron chi connectivity index (χ1n) is 5.58. The van der Waals surface area contributed by atoms with E-state index in [0.717, 1.165) is 0 Å². The van der Waals surface area contributed by atoms with Crippen LogP contribution < -0.4 is 11.1 Å². The topological polar surface area (TPSA) is 74.7 Å². The smallest absolute Gasteiger partial charge is 0.144 e. The Balaban J connectivity index is 2.22. The van der Waals surface area contributed by atoms with E-state index in [9.17, 15) is 0 Å². The Morgan fingerprint density at radius 3 is 2.89 bits per heavy atom. The number of aromatic nitrogens is 1. The van der Waals surface area contributed by atoms with Gasteiger partial charge < -0.3 is 11.1 Å². The van der Waals surface area contributed by atoms with Gasteiger partial charge >= 0.3 is 0 Å². The minimum Gasteiger partial charge on any atom is -0.397 e. The number of nitriles is 1. The number of thiophene rings is 1. The van der Waals surface area contributed by atoms with Crippen molar-refractivity contribution in [2.75, 3.05) is 11.1 Å². The summed E-state index contributed by atoms with van der Waals surface area (Å²) >= 11 is 1.73. The Morgan fingerprint density at radius 2 is 2.28 bits per heavy atom. The van der Waals surface area contributed by atoms with E-state index >= 15 is 0 Å². The average molecular weight is 258 g/mol. The van der Waals surface area contributed by atoms with Crippen molar-refractivity contribution in [3.8, 4) is 6.07 Å². The summed E-state index contributed by atoms with van der Waals surface area (Å²) in [6.07, 6.45) is 1.55. The molecule has 3 N–H and O–H groups in total. The number of pyridine rings is 1. The number of nitrogen functional groups attached to an aromatic ring is 1. The highest BCUT2D eigenvalue weighted by molar-refractivity contribution is 7.12. The Labute approximate surface area is 110 Å². The largest absolute Gasteiger partial charge is 0.397 e. The van der Waals surface area contributed by atoms with Gasteiger partial charge in [-0.2, -0.15) is 5.26 Å². The second kappa shape index (κ2) is 5.07. The molecule has 0 amide bonds. The van der Waals surface area contributed by atoms with Crippen LogP contribution in [0.3, 0.4) is 0 Å². The molecule has 0 spiro atoms.